The van der Waals surface area contributed by atoms with Crippen LogP contribution >= 0.6 is 0 Å². The molecule has 8 rings (SSSR count). The summed E-state index contributed by atoms with van der Waals surface area (Å²) in [7, 11) is 0. The van der Waals surface area contributed by atoms with Crippen molar-refractivity contribution in [1.29, 1.82) is 0 Å². The minimum Gasteiger partial charge on any atom is -0.522 e. The number of fused-ring (bicyclic) bond motifs is 3. The van der Waals surface area contributed by atoms with Gasteiger partial charge in [0.1, 0.15) is 5.82 Å². The van der Waals surface area contributed by atoms with Gasteiger partial charge in [0.05, 0.1) is 11.5 Å². The summed E-state index contributed by atoms with van der Waals surface area (Å²) >= 11 is 0. The third kappa shape index (κ3) is 7.57. The van der Waals surface area contributed by atoms with Crippen LogP contribution in [0.3, 0.4) is 0 Å². The van der Waals surface area contributed by atoms with E-state index in [0.29, 0.717) is 23.1 Å². The fourth-order valence-electron chi connectivity index (χ4n) is 6.77. The zero-order valence-corrected chi connectivity index (χ0v) is 35.6. The van der Waals surface area contributed by atoms with E-state index in [1.807, 2.05) is 51.8 Å². The summed E-state index contributed by atoms with van der Waals surface area (Å²) in [5.41, 5.74) is 7.34. The Balaban J connectivity index is 0.00000480. The summed E-state index contributed by atoms with van der Waals surface area (Å²) in [5, 5.41) is 7.31. The third-order valence-corrected chi connectivity index (χ3v) is 10.0. The average Bonchev–Trinajstić information content (AvgIpc) is 3.74. The van der Waals surface area contributed by atoms with Crippen LogP contribution in [0.2, 0.25) is 0 Å². The molecule has 8 heteroatoms. The van der Waals surface area contributed by atoms with Crippen molar-refractivity contribution in [3.8, 4) is 40.2 Å². The van der Waals surface area contributed by atoms with E-state index < -0.39 is 0 Å². The molecule has 56 heavy (non-hydrogen) atoms. The maximum absolute atomic E-state index is 6.52. The van der Waals surface area contributed by atoms with Crippen LogP contribution in [0.15, 0.2) is 116 Å². The monoisotopic (exact) mass is 917 g/mol. The van der Waals surface area contributed by atoms with Crippen LogP contribution in [0.4, 0.5) is 0 Å². The van der Waals surface area contributed by atoms with Crippen LogP contribution in [-0.4, -0.2) is 24.2 Å². The van der Waals surface area contributed by atoms with E-state index in [9.17, 15) is 0 Å². The van der Waals surface area contributed by atoms with E-state index in [0.717, 1.165) is 38.9 Å². The number of nitrogens with zero attached hydrogens (tertiary/aromatic N) is 6. The second kappa shape index (κ2) is 14.6. The van der Waals surface area contributed by atoms with Gasteiger partial charge in [-0.2, -0.15) is 22.9 Å². The first-order valence-corrected chi connectivity index (χ1v) is 18.8. The first-order chi connectivity index (χ1) is 26.1. The Bertz CT molecular complexity index is 2660. The number of benzene rings is 4. The van der Waals surface area contributed by atoms with E-state index in [4.69, 9.17) is 19.8 Å². The SMILES string of the molecule is CC(C)(C)c1cc(-[n+]2[c-]n(-c3[c-]c(Oc4[c-]c5c(cc4)c4ccccc4n5-c4cc(C(C)(C)C)ccn4)ccn3)c(-c3ccccc3)n2)cc(C(C)(C)C)c1.[Pt]. The molecule has 0 bridgehead atoms. The zero-order chi connectivity index (χ0) is 38.7. The molecule has 0 saturated heterocycles. The standard InChI is InChI=1S/C48H46N6O.Pt/c1-46(2,3)33-21-23-50-44(28-33)54-41-18-14-13-17-39(41)40-20-19-37(29-42(40)54)55-38-22-24-49-43(30-38)52-31-53(51-45(52)32-15-11-10-12-16-32)36-26-34(47(4,5)6)25-35(27-36)48(7,8)9;/h10-28H,1-9H3;/q-2;. The van der Waals surface area contributed by atoms with Gasteiger partial charge in [-0.1, -0.05) is 141 Å². The second-order valence-corrected chi connectivity index (χ2v) is 17.3. The predicted molar refractivity (Wildman–Crippen MR) is 220 cm³/mol. The maximum atomic E-state index is 6.52. The number of para-hydroxylation sites is 1. The Morgan fingerprint density at radius 2 is 1.25 bits per heavy atom. The van der Waals surface area contributed by atoms with Gasteiger partial charge in [-0.15, -0.1) is 22.6 Å². The largest absolute Gasteiger partial charge is 0.522 e. The van der Waals surface area contributed by atoms with E-state index in [1.54, 1.807) is 12.3 Å². The molecule has 0 fully saturated rings. The molecular weight excluding hydrogens is 872 g/mol. The molecule has 4 heterocycles. The molecule has 286 valence electrons. The molecule has 0 aliphatic rings. The summed E-state index contributed by atoms with van der Waals surface area (Å²) in [6.07, 6.45) is 7.11. The van der Waals surface area contributed by atoms with Gasteiger partial charge in [-0.05, 0) is 62.3 Å². The molecule has 0 saturated carbocycles. The Hall–Kier alpha value is -5.39. The molecule has 0 radical (unpaired) electrons. The van der Waals surface area contributed by atoms with Gasteiger partial charge in [-0.3, -0.25) is 4.57 Å². The summed E-state index contributed by atoms with van der Waals surface area (Å²) in [5.74, 6) is 3.07. The summed E-state index contributed by atoms with van der Waals surface area (Å²) in [4.78, 5) is 9.56. The van der Waals surface area contributed by atoms with Crippen molar-refractivity contribution < 1.29 is 30.5 Å². The van der Waals surface area contributed by atoms with Crippen molar-refractivity contribution in [3.63, 3.8) is 0 Å². The zero-order valence-electron chi connectivity index (χ0n) is 33.4. The van der Waals surface area contributed by atoms with E-state index in [1.165, 1.54) is 16.7 Å². The molecular formula is C48H46N6OPt-2. The van der Waals surface area contributed by atoms with Crippen LogP contribution in [0.1, 0.15) is 79.0 Å². The van der Waals surface area contributed by atoms with Crippen molar-refractivity contribution in [2.75, 3.05) is 0 Å². The molecule has 0 aliphatic heterocycles. The van der Waals surface area contributed by atoms with Crippen molar-refractivity contribution >= 4 is 21.8 Å². The van der Waals surface area contributed by atoms with Gasteiger partial charge in [0, 0.05) is 44.1 Å². The van der Waals surface area contributed by atoms with Gasteiger partial charge in [-0.25, -0.2) is 4.98 Å². The van der Waals surface area contributed by atoms with Crippen molar-refractivity contribution in [2.45, 2.75) is 78.6 Å². The molecule has 0 amide bonds. The van der Waals surface area contributed by atoms with Crippen molar-refractivity contribution in [1.82, 2.24) is 24.2 Å². The maximum Gasteiger partial charge on any atom is 0.273 e. The molecule has 4 aromatic carbocycles. The van der Waals surface area contributed by atoms with Crippen LogP contribution in [0.5, 0.6) is 11.5 Å². The molecule has 4 aromatic heterocycles. The molecule has 0 N–H and O–H groups in total. The Labute approximate surface area is 344 Å². The topological polar surface area (TPSA) is 61.6 Å². The summed E-state index contributed by atoms with van der Waals surface area (Å²) in [6, 6.07) is 42.3. The molecule has 0 atom stereocenters. The number of hydrogen-bond acceptors (Lipinski definition) is 4. The van der Waals surface area contributed by atoms with Gasteiger partial charge >= 0.3 is 0 Å². The van der Waals surface area contributed by atoms with Gasteiger partial charge in [0.15, 0.2) is 5.82 Å². The van der Waals surface area contributed by atoms with Gasteiger partial charge in [0.25, 0.3) is 6.33 Å². The third-order valence-electron chi connectivity index (χ3n) is 10.0. The summed E-state index contributed by atoms with van der Waals surface area (Å²) < 4.78 is 12.4. The number of ether oxygens (including phenoxy) is 1. The number of rotatable bonds is 6. The fraction of sp³-hybridized carbons (Fsp3) is 0.250. The Morgan fingerprint density at radius 3 is 1.95 bits per heavy atom. The molecule has 7 nitrogen and oxygen atoms in total. The molecule has 0 unspecified atom stereocenters. The summed E-state index contributed by atoms with van der Waals surface area (Å²) in [6.45, 7) is 20.1. The predicted octanol–water partition coefficient (Wildman–Crippen LogP) is 10.8. The Morgan fingerprint density at radius 1 is 0.607 bits per heavy atom. The molecule has 0 aliphatic carbocycles. The number of aromatic nitrogens is 6. The minimum atomic E-state index is -0.0518. The van der Waals surface area contributed by atoms with Crippen LogP contribution in [0.25, 0.3) is 50.5 Å². The molecule has 0 spiro atoms. The van der Waals surface area contributed by atoms with Crippen LogP contribution in [0, 0.1) is 18.5 Å². The van der Waals surface area contributed by atoms with E-state index >= 15 is 0 Å². The Kier molecular flexibility index (Phi) is 10.1. The van der Waals surface area contributed by atoms with Crippen LogP contribution < -0.4 is 9.42 Å². The minimum absolute atomic E-state index is 0. The number of hydrogen-bond donors (Lipinski definition) is 0. The first-order valence-electron chi connectivity index (χ1n) is 18.8. The normalized spacial score (nSPS) is 12.2. The smallest absolute Gasteiger partial charge is 0.273 e. The van der Waals surface area contributed by atoms with Crippen molar-refractivity contribution in [2.24, 2.45) is 0 Å². The fourth-order valence-corrected chi connectivity index (χ4v) is 6.77. The average molecular weight is 918 g/mol. The van der Waals surface area contributed by atoms with E-state index in [2.05, 4.69) is 146 Å². The first kappa shape index (κ1) is 38.9. The van der Waals surface area contributed by atoms with Crippen LogP contribution in [-0.2, 0) is 37.3 Å². The molecule has 8 aromatic rings. The van der Waals surface area contributed by atoms with E-state index in [-0.39, 0.29) is 37.3 Å². The van der Waals surface area contributed by atoms with Gasteiger partial charge in [0.2, 0.25) is 0 Å². The van der Waals surface area contributed by atoms with Gasteiger partial charge < -0.3 is 14.3 Å². The number of pyridine rings is 2. The van der Waals surface area contributed by atoms with Crippen molar-refractivity contribution in [3.05, 3.63) is 151 Å². The quantitative estimate of drug-likeness (QED) is 0.123. The second-order valence-electron chi connectivity index (χ2n) is 17.3.